The second-order valence-electron chi connectivity index (χ2n) is 4.11. The number of aromatic nitrogens is 2. The van der Waals surface area contributed by atoms with Crippen LogP contribution in [0.2, 0.25) is 0 Å². The third kappa shape index (κ3) is 1.31. The molecule has 2 aromatic rings. The Morgan fingerprint density at radius 2 is 1.93 bits per heavy atom. The lowest BCUT2D eigenvalue weighted by Gasteiger charge is -2.10. The smallest absolute Gasteiger partial charge is 0.106 e. The molecule has 0 unspecified atom stereocenters. The summed E-state index contributed by atoms with van der Waals surface area (Å²) in [5.74, 6) is 1.10. The average molecular weight is 188 g/mol. The number of benzene rings is 1. The number of nitrogens with zero attached hydrogens (tertiary/aromatic N) is 2. The lowest BCUT2D eigenvalue weighted by atomic mass is 10.2. The summed E-state index contributed by atoms with van der Waals surface area (Å²) in [6.45, 7) is 8.54. The molecule has 0 N–H and O–H groups in total. The standard InChI is InChI=1S/C12H16N2/c1-8(2)14-10(4)13-11-7-9(3)5-6-12(11)14/h5-8H,1-4H3. The maximum Gasteiger partial charge on any atom is 0.106 e. The van der Waals surface area contributed by atoms with Gasteiger partial charge in [0, 0.05) is 6.04 Å². The maximum atomic E-state index is 4.56. The van der Waals surface area contributed by atoms with Gasteiger partial charge in [0.05, 0.1) is 11.0 Å². The van der Waals surface area contributed by atoms with Crippen molar-refractivity contribution in [3.63, 3.8) is 0 Å². The van der Waals surface area contributed by atoms with E-state index >= 15 is 0 Å². The summed E-state index contributed by atoms with van der Waals surface area (Å²) in [6.07, 6.45) is 0. The number of hydrogen-bond acceptors (Lipinski definition) is 1. The minimum atomic E-state index is 0.475. The summed E-state index contributed by atoms with van der Waals surface area (Å²) >= 11 is 0. The monoisotopic (exact) mass is 188 g/mol. The quantitative estimate of drug-likeness (QED) is 0.671. The Balaban J connectivity index is 2.77. The number of aryl methyl sites for hydroxylation is 2. The predicted molar refractivity (Wildman–Crippen MR) is 59.6 cm³/mol. The molecular weight excluding hydrogens is 172 g/mol. The summed E-state index contributed by atoms with van der Waals surface area (Å²) in [4.78, 5) is 4.56. The molecule has 0 atom stereocenters. The fourth-order valence-corrected chi connectivity index (χ4v) is 1.98. The van der Waals surface area contributed by atoms with E-state index in [2.05, 4.69) is 55.4 Å². The zero-order chi connectivity index (χ0) is 10.3. The van der Waals surface area contributed by atoms with Crippen molar-refractivity contribution in [1.82, 2.24) is 9.55 Å². The van der Waals surface area contributed by atoms with Gasteiger partial charge < -0.3 is 4.57 Å². The molecule has 0 fully saturated rings. The van der Waals surface area contributed by atoms with Gasteiger partial charge in [0.15, 0.2) is 0 Å². The van der Waals surface area contributed by atoms with Crippen molar-refractivity contribution in [3.8, 4) is 0 Å². The molecule has 0 radical (unpaired) electrons. The molecule has 1 aromatic carbocycles. The van der Waals surface area contributed by atoms with Crippen LogP contribution in [0, 0.1) is 13.8 Å². The summed E-state index contributed by atoms with van der Waals surface area (Å²) in [7, 11) is 0. The van der Waals surface area contributed by atoms with Crippen LogP contribution in [0.15, 0.2) is 18.2 Å². The van der Waals surface area contributed by atoms with Crippen LogP contribution >= 0.6 is 0 Å². The Labute approximate surface area is 84.6 Å². The van der Waals surface area contributed by atoms with Crippen molar-refractivity contribution >= 4 is 11.0 Å². The molecule has 1 aromatic heterocycles. The minimum absolute atomic E-state index is 0.475. The molecule has 2 nitrogen and oxygen atoms in total. The van der Waals surface area contributed by atoms with Gasteiger partial charge in [-0.1, -0.05) is 6.07 Å². The van der Waals surface area contributed by atoms with Gasteiger partial charge in [0.25, 0.3) is 0 Å². The van der Waals surface area contributed by atoms with E-state index in [1.807, 2.05) is 0 Å². The zero-order valence-electron chi connectivity index (χ0n) is 9.20. The molecule has 0 amide bonds. The normalized spacial score (nSPS) is 11.5. The highest BCUT2D eigenvalue weighted by Crippen LogP contribution is 2.21. The Bertz CT molecular complexity index is 466. The fraction of sp³-hybridized carbons (Fsp3) is 0.417. The Morgan fingerprint density at radius 1 is 1.21 bits per heavy atom. The summed E-state index contributed by atoms with van der Waals surface area (Å²) in [5, 5.41) is 0. The molecule has 1 heterocycles. The fourth-order valence-electron chi connectivity index (χ4n) is 1.98. The van der Waals surface area contributed by atoms with Crippen molar-refractivity contribution in [2.24, 2.45) is 0 Å². The second-order valence-corrected chi connectivity index (χ2v) is 4.11. The highest BCUT2D eigenvalue weighted by Gasteiger charge is 2.09. The molecule has 2 heteroatoms. The lowest BCUT2D eigenvalue weighted by molar-refractivity contribution is 0.600. The van der Waals surface area contributed by atoms with E-state index in [4.69, 9.17) is 0 Å². The number of fused-ring (bicyclic) bond motifs is 1. The SMILES string of the molecule is Cc1ccc2c(c1)nc(C)n2C(C)C. The molecule has 0 bridgehead atoms. The van der Waals surface area contributed by atoms with Crippen LogP contribution in [0.4, 0.5) is 0 Å². The van der Waals surface area contributed by atoms with Crippen LogP contribution in [-0.4, -0.2) is 9.55 Å². The molecule has 0 aliphatic heterocycles. The predicted octanol–water partition coefficient (Wildman–Crippen LogP) is 3.23. The largest absolute Gasteiger partial charge is 0.326 e. The van der Waals surface area contributed by atoms with Crippen molar-refractivity contribution in [3.05, 3.63) is 29.6 Å². The topological polar surface area (TPSA) is 17.8 Å². The van der Waals surface area contributed by atoms with E-state index < -0.39 is 0 Å². The summed E-state index contributed by atoms with van der Waals surface area (Å²) < 4.78 is 2.27. The Morgan fingerprint density at radius 3 is 2.57 bits per heavy atom. The van der Waals surface area contributed by atoms with Crippen LogP contribution in [0.1, 0.15) is 31.3 Å². The maximum absolute atomic E-state index is 4.56. The van der Waals surface area contributed by atoms with Crippen LogP contribution in [0.25, 0.3) is 11.0 Å². The third-order valence-corrected chi connectivity index (χ3v) is 2.54. The van der Waals surface area contributed by atoms with Crippen LogP contribution < -0.4 is 0 Å². The number of hydrogen-bond donors (Lipinski definition) is 0. The molecule has 74 valence electrons. The van der Waals surface area contributed by atoms with Gasteiger partial charge in [-0.15, -0.1) is 0 Å². The van der Waals surface area contributed by atoms with Crippen LogP contribution in [0.3, 0.4) is 0 Å². The first-order valence-corrected chi connectivity index (χ1v) is 5.05. The molecular formula is C12H16N2. The van der Waals surface area contributed by atoms with Gasteiger partial charge >= 0.3 is 0 Å². The molecule has 14 heavy (non-hydrogen) atoms. The molecule has 0 aliphatic rings. The van der Waals surface area contributed by atoms with Gasteiger partial charge in [-0.25, -0.2) is 4.98 Å². The van der Waals surface area contributed by atoms with E-state index in [-0.39, 0.29) is 0 Å². The van der Waals surface area contributed by atoms with Gasteiger partial charge in [0.2, 0.25) is 0 Å². The van der Waals surface area contributed by atoms with E-state index in [0.29, 0.717) is 6.04 Å². The summed E-state index contributed by atoms with van der Waals surface area (Å²) in [6, 6.07) is 6.91. The van der Waals surface area contributed by atoms with E-state index in [1.165, 1.54) is 11.1 Å². The van der Waals surface area contributed by atoms with E-state index in [1.54, 1.807) is 0 Å². The number of rotatable bonds is 1. The Hall–Kier alpha value is -1.31. The van der Waals surface area contributed by atoms with Crippen LogP contribution in [0.5, 0.6) is 0 Å². The zero-order valence-corrected chi connectivity index (χ0v) is 9.20. The molecule has 2 rings (SSSR count). The third-order valence-electron chi connectivity index (χ3n) is 2.54. The van der Waals surface area contributed by atoms with Crippen molar-refractivity contribution in [2.45, 2.75) is 33.7 Å². The average Bonchev–Trinajstić information content (AvgIpc) is 2.39. The summed E-state index contributed by atoms with van der Waals surface area (Å²) in [5.41, 5.74) is 3.62. The van der Waals surface area contributed by atoms with Crippen molar-refractivity contribution in [2.75, 3.05) is 0 Å². The highest BCUT2D eigenvalue weighted by molar-refractivity contribution is 5.77. The van der Waals surface area contributed by atoms with E-state index in [9.17, 15) is 0 Å². The first-order valence-electron chi connectivity index (χ1n) is 5.05. The van der Waals surface area contributed by atoms with Gasteiger partial charge in [-0.3, -0.25) is 0 Å². The highest BCUT2D eigenvalue weighted by atomic mass is 15.1. The van der Waals surface area contributed by atoms with Gasteiger partial charge in [0.1, 0.15) is 5.82 Å². The van der Waals surface area contributed by atoms with Gasteiger partial charge in [-0.2, -0.15) is 0 Å². The van der Waals surface area contributed by atoms with Gasteiger partial charge in [-0.05, 0) is 45.4 Å². The minimum Gasteiger partial charge on any atom is -0.326 e. The number of imidazole rings is 1. The first-order chi connectivity index (χ1) is 6.59. The second kappa shape index (κ2) is 3.12. The molecule has 0 spiro atoms. The van der Waals surface area contributed by atoms with Crippen molar-refractivity contribution in [1.29, 1.82) is 0 Å². The van der Waals surface area contributed by atoms with Crippen molar-refractivity contribution < 1.29 is 0 Å². The molecule has 0 saturated heterocycles. The first kappa shape index (κ1) is 9.25. The Kier molecular flexibility index (Phi) is 2.06. The molecule has 0 aliphatic carbocycles. The van der Waals surface area contributed by atoms with Crippen LogP contribution in [-0.2, 0) is 0 Å². The van der Waals surface area contributed by atoms with E-state index in [0.717, 1.165) is 11.3 Å². The molecule has 0 saturated carbocycles. The lowest BCUT2D eigenvalue weighted by Crippen LogP contribution is -2.02.